The van der Waals surface area contributed by atoms with Crippen molar-refractivity contribution in [2.75, 3.05) is 6.61 Å². The van der Waals surface area contributed by atoms with Gasteiger partial charge >= 0.3 is 5.97 Å². The summed E-state index contributed by atoms with van der Waals surface area (Å²) < 4.78 is 7.14. The SMILES string of the molecule is C=CCCCCCCCOC(=O)c1cn(CC)c2nc(C)ccc2c1=O. The lowest BCUT2D eigenvalue weighted by Crippen LogP contribution is -2.21. The molecule has 0 unspecified atom stereocenters. The molecule has 2 rings (SSSR count). The van der Waals surface area contributed by atoms with E-state index in [0.29, 0.717) is 24.2 Å². The first-order chi connectivity index (χ1) is 12.6. The summed E-state index contributed by atoms with van der Waals surface area (Å²) in [4.78, 5) is 29.4. The highest BCUT2D eigenvalue weighted by Gasteiger charge is 2.17. The van der Waals surface area contributed by atoms with Crippen LogP contribution in [0.3, 0.4) is 0 Å². The van der Waals surface area contributed by atoms with E-state index in [4.69, 9.17) is 4.74 Å². The van der Waals surface area contributed by atoms with Crippen molar-refractivity contribution < 1.29 is 9.53 Å². The fourth-order valence-electron chi connectivity index (χ4n) is 2.91. The molecule has 0 N–H and O–H groups in total. The van der Waals surface area contributed by atoms with Crippen LogP contribution in [0.2, 0.25) is 0 Å². The molecule has 2 heterocycles. The largest absolute Gasteiger partial charge is 0.462 e. The van der Waals surface area contributed by atoms with E-state index in [9.17, 15) is 9.59 Å². The van der Waals surface area contributed by atoms with E-state index in [0.717, 1.165) is 44.2 Å². The van der Waals surface area contributed by atoms with Crippen molar-refractivity contribution in [3.8, 4) is 0 Å². The highest BCUT2D eigenvalue weighted by atomic mass is 16.5. The number of carbonyl (C=O) groups is 1. The van der Waals surface area contributed by atoms with E-state index in [2.05, 4.69) is 11.6 Å². The molecule has 26 heavy (non-hydrogen) atoms. The fraction of sp³-hybridized carbons (Fsp3) is 0.476. The molecule has 0 radical (unpaired) electrons. The van der Waals surface area contributed by atoms with E-state index in [1.165, 1.54) is 0 Å². The van der Waals surface area contributed by atoms with Gasteiger partial charge in [0.25, 0.3) is 0 Å². The minimum Gasteiger partial charge on any atom is -0.462 e. The average molecular weight is 356 g/mol. The number of fused-ring (bicyclic) bond motifs is 1. The van der Waals surface area contributed by atoms with Crippen LogP contribution >= 0.6 is 0 Å². The van der Waals surface area contributed by atoms with Crippen molar-refractivity contribution in [2.24, 2.45) is 0 Å². The molecular formula is C21H28N2O3. The lowest BCUT2D eigenvalue weighted by atomic mass is 10.1. The predicted molar refractivity (Wildman–Crippen MR) is 105 cm³/mol. The lowest BCUT2D eigenvalue weighted by Gasteiger charge is -2.11. The summed E-state index contributed by atoms with van der Waals surface area (Å²) >= 11 is 0. The third-order valence-corrected chi connectivity index (χ3v) is 4.41. The Labute approximate surface area is 154 Å². The Morgan fingerprint density at radius 2 is 1.96 bits per heavy atom. The lowest BCUT2D eigenvalue weighted by molar-refractivity contribution is 0.0495. The van der Waals surface area contributed by atoms with E-state index in [-0.39, 0.29) is 11.0 Å². The standard InChI is InChI=1S/C21H28N2O3/c1-4-6-7-8-9-10-11-14-26-21(25)18-15-23(5-2)20-17(19(18)24)13-12-16(3)22-20/h4,12-13,15H,1,5-11,14H2,2-3H3. The van der Waals surface area contributed by atoms with Crippen molar-refractivity contribution in [2.45, 2.75) is 58.9 Å². The first-order valence-electron chi connectivity index (χ1n) is 9.37. The molecule has 0 amide bonds. The molecular weight excluding hydrogens is 328 g/mol. The second-order valence-electron chi connectivity index (χ2n) is 6.46. The van der Waals surface area contributed by atoms with Crippen molar-refractivity contribution in [3.05, 3.63) is 52.5 Å². The summed E-state index contributed by atoms with van der Waals surface area (Å²) in [7, 11) is 0. The molecule has 0 aliphatic heterocycles. The zero-order valence-corrected chi connectivity index (χ0v) is 15.8. The molecule has 0 saturated carbocycles. The Hall–Kier alpha value is -2.43. The molecule has 140 valence electrons. The summed E-state index contributed by atoms with van der Waals surface area (Å²) in [6.07, 6.45) is 9.83. The van der Waals surface area contributed by atoms with Gasteiger partial charge in [-0.3, -0.25) is 4.79 Å². The molecule has 0 saturated heterocycles. The number of ether oxygens (including phenoxy) is 1. The average Bonchev–Trinajstić information content (AvgIpc) is 2.64. The molecule has 0 aliphatic rings. The number of esters is 1. The topological polar surface area (TPSA) is 61.2 Å². The highest BCUT2D eigenvalue weighted by molar-refractivity contribution is 5.93. The van der Waals surface area contributed by atoms with Gasteiger partial charge in [-0.1, -0.05) is 25.3 Å². The van der Waals surface area contributed by atoms with E-state index in [1.807, 2.05) is 24.5 Å². The van der Waals surface area contributed by atoms with Gasteiger partial charge < -0.3 is 9.30 Å². The maximum atomic E-state index is 12.6. The van der Waals surface area contributed by atoms with Crippen LogP contribution in [0.25, 0.3) is 11.0 Å². The van der Waals surface area contributed by atoms with Crippen LogP contribution in [0.4, 0.5) is 0 Å². The van der Waals surface area contributed by atoms with E-state index in [1.54, 1.807) is 18.3 Å². The molecule has 0 fully saturated rings. The first kappa shape index (κ1) is 19.9. The Kier molecular flexibility index (Phi) is 7.57. The quantitative estimate of drug-likeness (QED) is 0.359. The van der Waals surface area contributed by atoms with Gasteiger partial charge in [0.2, 0.25) is 5.43 Å². The third-order valence-electron chi connectivity index (χ3n) is 4.41. The molecule has 0 bridgehead atoms. The third kappa shape index (κ3) is 5.04. The number of hydrogen-bond acceptors (Lipinski definition) is 4. The zero-order chi connectivity index (χ0) is 18.9. The molecule has 0 atom stereocenters. The number of aromatic nitrogens is 2. The number of nitrogens with zero attached hydrogens (tertiary/aromatic N) is 2. The molecule has 5 nitrogen and oxygen atoms in total. The molecule has 5 heteroatoms. The minimum atomic E-state index is -0.550. The maximum Gasteiger partial charge on any atom is 0.343 e. The van der Waals surface area contributed by atoms with Crippen LogP contribution in [0.5, 0.6) is 0 Å². The summed E-state index contributed by atoms with van der Waals surface area (Å²) in [5.74, 6) is -0.550. The number of allylic oxidation sites excluding steroid dienone is 1. The number of unbranched alkanes of at least 4 members (excludes halogenated alkanes) is 5. The number of carbonyl (C=O) groups excluding carboxylic acids is 1. The first-order valence-corrected chi connectivity index (χ1v) is 9.37. The van der Waals surface area contributed by atoms with Crippen LogP contribution in [0, 0.1) is 6.92 Å². The maximum absolute atomic E-state index is 12.6. The molecule has 0 aliphatic carbocycles. The van der Waals surface area contributed by atoms with Crippen molar-refractivity contribution >= 4 is 17.0 Å². The van der Waals surface area contributed by atoms with Crippen LogP contribution in [-0.4, -0.2) is 22.1 Å². The van der Waals surface area contributed by atoms with E-state index >= 15 is 0 Å². The van der Waals surface area contributed by atoms with Gasteiger partial charge in [-0.15, -0.1) is 6.58 Å². The van der Waals surface area contributed by atoms with Crippen LogP contribution < -0.4 is 5.43 Å². The Balaban J connectivity index is 2.00. The number of rotatable bonds is 10. The van der Waals surface area contributed by atoms with E-state index < -0.39 is 5.97 Å². The number of pyridine rings is 2. The van der Waals surface area contributed by atoms with Gasteiger partial charge in [0, 0.05) is 18.4 Å². The van der Waals surface area contributed by atoms with Gasteiger partial charge in [-0.25, -0.2) is 9.78 Å². The minimum absolute atomic E-state index is 0.0796. The Morgan fingerprint density at radius 3 is 2.69 bits per heavy atom. The van der Waals surface area contributed by atoms with Crippen molar-refractivity contribution in [1.29, 1.82) is 0 Å². The summed E-state index contributed by atoms with van der Waals surface area (Å²) in [6, 6.07) is 3.51. The Morgan fingerprint density at radius 1 is 1.23 bits per heavy atom. The fourth-order valence-corrected chi connectivity index (χ4v) is 2.91. The van der Waals surface area contributed by atoms with Gasteiger partial charge in [-0.2, -0.15) is 0 Å². The van der Waals surface area contributed by atoms with Gasteiger partial charge in [0.15, 0.2) is 0 Å². The Bertz CT molecular complexity index is 824. The van der Waals surface area contributed by atoms with Gasteiger partial charge in [-0.05, 0) is 45.2 Å². The summed E-state index contributed by atoms with van der Waals surface area (Å²) in [5, 5.41) is 0.453. The summed E-state index contributed by atoms with van der Waals surface area (Å²) in [6.45, 7) is 8.51. The van der Waals surface area contributed by atoms with Gasteiger partial charge in [0.1, 0.15) is 11.2 Å². The van der Waals surface area contributed by atoms with Crippen LogP contribution in [0.15, 0.2) is 35.8 Å². The van der Waals surface area contributed by atoms with Crippen molar-refractivity contribution in [1.82, 2.24) is 9.55 Å². The normalized spacial score (nSPS) is 10.8. The zero-order valence-electron chi connectivity index (χ0n) is 15.8. The predicted octanol–water partition coefficient (Wildman–Crippen LogP) is 4.41. The van der Waals surface area contributed by atoms with Gasteiger partial charge in [0.05, 0.1) is 12.0 Å². The second kappa shape index (κ2) is 9.90. The summed E-state index contributed by atoms with van der Waals surface area (Å²) in [5.41, 5.74) is 1.21. The molecule has 0 aromatic carbocycles. The van der Waals surface area contributed by atoms with Crippen LogP contribution in [-0.2, 0) is 11.3 Å². The monoisotopic (exact) mass is 356 g/mol. The molecule has 2 aromatic rings. The second-order valence-corrected chi connectivity index (χ2v) is 6.46. The van der Waals surface area contributed by atoms with Crippen molar-refractivity contribution in [3.63, 3.8) is 0 Å². The van der Waals surface area contributed by atoms with Crippen LogP contribution in [0.1, 0.15) is 61.5 Å². The number of hydrogen-bond donors (Lipinski definition) is 0. The molecule has 2 aromatic heterocycles. The smallest absolute Gasteiger partial charge is 0.343 e. The number of aryl methyl sites for hydroxylation is 2. The highest BCUT2D eigenvalue weighted by Crippen LogP contribution is 2.12. The molecule has 0 spiro atoms.